The molecule has 0 radical (unpaired) electrons. The Morgan fingerprint density at radius 2 is 1.95 bits per heavy atom. The molecular formula is C33H36BrClN6O. The molecular weight excluding hydrogens is 612 g/mol. The van der Waals surface area contributed by atoms with Crippen molar-refractivity contribution in [3.8, 4) is 0 Å². The van der Waals surface area contributed by atoms with Crippen LogP contribution in [0.3, 0.4) is 0 Å². The van der Waals surface area contributed by atoms with Gasteiger partial charge in [0.15, 0.2) is 0 Å². The zero-order valence-corrected chi connectivity index (χ0v) is 26.2. The zero-order valence-electron chi connectivity index (χ0n) is 23.8. The first kappa shape index (κ1) is 29.1. The largest absolute Gasteiger partial charge is 0.337 e. The Labute approximate surface area is 261 Å². The number of hydrogen-bond donors (Lipinski definition) is 1. The molecule has 1 fully saturated rings. The number of carbonyl (C=O) groups is 1. The fraction of sp³-hybridized carbons (Fsp3) is 0.364. The van der Waals surface area contributed by atoms with E-state index in [0.717, 1.165) is 65.3 Å². The molecule has 2 atom stereocenters. The Kier molecular flexibility index (Phi) is 9.05. The van der Waals surface area contributed by atoms with Crippen molar-refractivity contribution >= 4 is 33.4 Å². The van der Waals surface area contributed by atoms with Crippen LogP contribution in [-0.4, -0.2) is 62.5 Å². The van der Waals surface area contributed by atoms with Gasteiger partial charge in [0.2, 0.25) is 5.91 Å². The number of piperazine rings is 1. The number of benzene rings is 2. The number of pyridine rings is 1. The minimum absolute atomic E-state index is 0.0349. The third-order valence-corrected chi connectivity index (χ3v) is 8.96. The maximum atomic E-state index is 14.2. The zero-order chi connectivity index (χ0) is 29.1. The molecule has 0 unspecified atom stereocenters. The number of nitrogens with zero attached hydrogens (tertiary/aromatic N) is 5. The van der Waals surface area contributed by atoms with Crippen LogP contribution in [0.4, 0.5) is 0 Å². The maximum absolute atomic E-state index is 14.2. The Bertz CT molecular complexity index is 1490. The fourth-order valence-electron chi connectivity index (χ4n) is 6.28. The van der Waals surface area contributed by atoms with Gasteiger partial charge in [-0.25, -0.2) is 4.98 Å². The molecule has 0 spiro atoms. The van der Waals surface area contributed by atoms with Gasteiger partial charge in [0.1, 0.15) is 0 Å². The topological polar surface area (TPSA) is 66.3 Å². The van der Waals surface area contributed by atoms with Gasteiger partial charge in [-0.05, 0) is 82.6 Å². The molecule has 1 amide bonds. The SMILES string of the molecule is Cc1cn(CCCN(Cc2ccccc2)C(=O)[C@H]2CN([C@@H]3c4ccc(Cl)cc4CCc4cc(Br)cnc43)CCN2)cn1. The van der Waals surface area contributed by atoms with Gasteiger partial charge in [-0.3, -0.25) is 14.7 Å². The molecule has 1 N–H and O–H groups in total. The smallest absolute Gasteiger partial charge is 0.241 e. The highest BCUT2D eigenvalue weighted by atomic mass is 79.9. The van der Waals surface area contributed by atoms with Gasteiger partial charge in [0.05, 0.1) is 29.8 Å². The number of rotatable bonds is 8. The molecule has 7 nitrogen and oxygen atoms in total. The van der Waals surface area contributed by atoms with E-state index in [2.05, 4.69) is 66.0 Å². The van der Waals surface area contributed by atoms with E-state index in [-0.39, 0.29) is 18.0 Å². The summed E-state index contributed by atoms with van der Waals surface area (Å²) in [5, 5.41) is 4.30. The first-order valence-corrected chi connectivity index (χ1v) is 15.8. The molecule has 1 aliphatic carbocycles. The van der Waals surface area contributed by atoms with E-state index in [0.29, 0.717) is 19.6 Å². The molecule has 0 saturated carbocycles. The third-order valence-electron chi connectivity index (χ3n) is 8.30. The van der Waals surface area contributed by atoms with Gasteiger partial charge in [-0.2, -0.15) is 0 Å². The number of carbonyl (C=O) groups excluding carboxylic acids is 1. The molecule has 2 aliphatic rings. The van der Waals surface area contributed by atoms with Crippen molar-refractivity contribution in [3.05, 3.63) is 116 Å². The Morgan fingerprint density at radius 3 is 2.76 bits per heavy atom. The van der Waals surface area contributed by atoms with Crippen LogP contribution in [0, 0.1) is 6.92 Å². The summed E-state index contributed by atoms with van der Waals surface area (Å²) in [7, 11) is 0. The van der Waals surface area contributed by atoms with Gasteiger partial charge in [-0.15, -0.1) is 0 Å². The van der Waals surface area contributed by atoms with Gasteiger partial charge >= 0.3 is 0 Å². The minimum atomic E-state index is -0.309. The van der Waals surface area contributed by atoms with E-state index in [9.17, 15) is 4.79 Å². The van der Waals surface area contributed by atoms with E-state index >= 15 is 0 Å². The number of nitrogens with one attached hydrogen (secondary N) is 1. The summed E-state index contributed by atoms with van der Waals surface area (Å²) in [6.45, 7) is 6.24. The first-order valence-electron chi connectivity index (χ1n) is 14.7. The molecule has 3 heterocycles. The molecule has 2 aromatic heterocycles. The highest BCUT2D eigenvalue weighted by molar-refractivity contribution is 9.10. The van der Waals surface area contributed by atoms with Gasteiger partial charge in [-0.1, -0.05) is 48.0 Å². The van der Waals surface area contributed by atoms with Crippen molar-refractivity contribution in [3.63, 3.8) is 0 Å². The van der Waals surface area contributed by atoms with Crippen LogP contribution in [0.1, 0.15) is 46.1 Å². The van der Waals surface area contributed by atoms with Crippen molar-refractivity contribution < 1.29 is 4.79 Å². The minimum Gasteiger partial charge on any atom is -0.337 e. The lowest BCUT2D eigenvalue weighted by molar-refractivity contribution is -0.135. The van der Waals surface area contributed by atoms with Crippen molar-refractivity contribution in [2.24, 2.45) is 0 Å². The standard InChI is InChI=1S/C33H36BrClN6O/c1-23-19-39(22-38-23)13-5-14-41(20-24-6-3-2-4-7-24)33(42)30-21-40(15-12-36-30)32-29-11-10-28(35)17-25(29)8-9-26-16-27(34)18-37-31(26)32/h2-4,6-7,10-11,16-19,22,30,32,36H,5,8-9,12-15,20-21H2,1H3/t30-,32-/m1/s1. The summed E-state index contributed by atoms with van der Waals surface area (Å²) in [6, 6.07) is 18.3. The lowest BCUT2D eigenvalue weighted by Gasteiger charge is -2.40. The van der Waals surface area contributed by atoms with E-state index in [1.54, 1.807) is 0 Å². The van der Waals surface area contributed by atoms with Crippen LogP contribution in [0.5, 0.6) is 0 Å². The van der Waals surface area contributed by atoms with Crippen molar-refractivity contribution in [2.75, 3.05) is 26.2 Å². The molecule has 1 saturated heterocycles. The number of imidazole rings is 1. The van der Waals surface area contributed by atoms with Crippen molar-refractivity contribution in [2.45, 2.75) is 51.4 Å². The second kappa shape index (κ2) is 13.1. The number of amides is 1. The predicted molar refractivity (Wildman–Crippen MR) is 169 cm³/mol. The maximum Gasteiger partial charge on any atom is 0.241 e. The second-order valence-corrected chi connectivity index (χ2v) is 12.6. The lowest BCUT2D eigenvalue weighted by Crippen LogP contribution is -2.58. The van der Waals surface area contributed by atoms with Crippen molar-refractivity contribution in [1.29, 1.82) is 0 Å². The highest BCUT2D eigenvalue weighted by Gasteiger charge is 2.36. The summed E-state index contributed by atoms with van der Waals surface area (Å²) in [6.07, 6.45) is 8.47. The molecule has 1 aliphatic heterocycles. The average Bonchev–Trinajstić information content (AvgIpc) is 3.35. The fourth-order valence-corrected chi connectivity index (χ4v) is 6.86. The normalized spacial score (nSPS) is 18.6. The summed E-state index contributed by atoms with van der Waals surface area (Å²) < 4.78 is 3.08. The molecule has 218 valence electrons. The number of aryl methyl sites for hydroxylation is 4. The molecule has 9 heteroatoms. The van der Waals surface area contributed by atoms with Gasteiger partial charge in [0, 0.05) is 61.2 Å². The summed E-state index contributed by atoms with van der Waals surface area (Å²) in [4.78, 5) is 27.9. The van der Waals surface area contributed by atoms with Gasteiger partial charge < -0.3 is 14.8 Å². The molecule has 4 aromatic rings. The quantitative estimate of drug-likeness (QED) is 0.271. The predicted octanol–water partition coefficient (Wildman–Crippen LogP) is 5.58. The molecule has 6 rings (SSSR count). The molecule has 42 heavy (non-hydrogen) atoms. The molecule has 2 aromatic carbocycles. The number of aromatic nitrogens is 3. The Balaban J connectivity index is 1.25. The summed E-state index contributed by atoms with van der Waals surface area (Å²) in [5.41, 5.74) is 6.94. The average molecular weight is 648 g/mol. The van der Waals surface area contributed by atoms with E-state index < -0.39 is 0 Å². The highest BCUT2D eigenvalue weighted by Crippen LogP contribution is 2.38. The van der Waals surface area contributed by atoms with E-state index in [4.69, 9.17) is 16.6 Å². The van der Waals surface area contributed by atoms with Crippen LogP contribution in [0.15, 0.2) is 77.8 Å². The lowest BCUT2D eigenvalue weighted by atomic mass is 9.95. The van der Waals surface area contributed by atoms with Crippen LogP contribution in [-0.2, 0) is 30.7 Å². The second-order valence-electron chi connectivity index (χ2n) is 11.3. The summed E-state index contributed by atoms with van der Waals surface area (Å²) in [5.74, 6) is 0.138. The summed E-state index contributed by atoms with van der Waals surface area (Å²) >= 11 is 10.1. The number of halogens is 2. The van der Waals surface area contributed by atoms with Crippen LogP contribution < -0.4 is 5.32 Å². The van der Waals surface area contributed by atoms with Crippen LogP contribution in [0.2, 0.25) is 5.02 Å². The monoisotopic (exact) mass is 646 g/mol. The van der Waals surface area contributed by atoms with E-state index in [1.165, 1.54) is 16.7 Å². The van der Waals surface area contributed by atoms with E-state index in [1.807, 2.05) is 54.8 Å². The number of fused-ring (bicyclic) bond motifs is 2. The van der Waals surface area contributed by atoms with Crippen LogP contribution in [0.25, 0.3) is 0 Å². The first-order chi connectivity index (χ1) is 20.4. The van der Waals surface area contributed by atoms with Gasteiger partial charge in [0.25, 0.3) is 0 Å². The number of hydrogen-bond acceptors (Lipinski definition) is 5. The molecule has 0 bridgehead atoms. The van der Waals surface area contributed by atoms with Crippen LogP contribution >= 0.6 is 27.5 Å². The third kappa shape index (κ3) is 6.62. The van der Waals surface area contributed by atoms with Crippen molar-refractivity contribution in [1.82, 2.24) is 29.7 Å². The Hall–Kier alpha value is -3.04. The Morgan fingerprint density at radius 1 is 1.12 bits per heavy atom.